The van der Waals surface area contributed by atoms with E-state index < -0.39 is 18.0 Å². The lowest BCUT2D eigenvalue weighted by Crippen LogP contribution is -2.20. The molecular weight excluding hydrogens is 321 g/mol. The number of anilines is 1. The predicted molar refractivity (Wildman–Crippen MR) is 79.9 cm³/mol. The minimum Gasteiger partial charge on any atom is -0.463 e. The molecule has 1 aliphatic rings. The highest BCUT2D eigenvalue weighted by atomic mass is 19.4. The van der Waals surface area contributed by atoms with Crippen LogP contribution in [0.25, 0.3) is 5.70 Å². The summed E-state index contributed by atoms with van der Waals surface area (Å²) >= 11 is 0. The molecule has 1 atom stereocenters. The monoisotopic (exact) mass is 332 g/mol. The number of nitrogens with zero attached hydrogens (tertiary/aromatic N) is 3. The predicted octanol–water partition coefficient (Wildman–Crippen LogP) is 3.95. The van der Waals surface area contributed by atoms with Crippen molar-refractivity contribution in [3.05, 3.63) is 72.0 Å². The molecule has 0 bridgehead atoms. The van der Waals surface area contributed by atoms with E-state index in [0.29, 0.717) is 11.5 Å². The summed E-state index contributed by atoms with van der Waals surface area (Å²) in [6, 6.07) is 12.0. The van der Waals surface area contributed by atoms with Gasteiger partial charge in [-0.05, 0) is 23.8 Å². The number of alkyl halides is 3. The number of hydrogen-bond donors (Lipinski definition) is 1. The summed E-state index contributed by atoms with van der Waals surface area (Å²) in [7, 11) is 0. The smallest absolute Gasteiger partial charge is 0.453 e. The molecule has 1 N–H and O–H groups in total. The second kappa shape index (κ2) is 5.26. The Bertz CT molecular complexity index is 882. The van der Waals surface area contributed by atoms with Gasteiger partial charge < -0.3 is 9.73 Å². The highest BCUT2D eigenvalue weighted by Gasteiger charge is 2.39. The average Bonchev–Trinajstić information content (AvgIpc) is 3.23. The van der Waals surface area contributed by atoms with Gasteiger partial charge in [0.1, 0.15) is 11.8 Å². The van der Waals surface area contributed by atoms with Crippen LogP contribution in [0.4, 0.5) is 19.1 Å². The van der Waals surface area contributed by atoms with Crippen LogP contribution in [-0.2, 0) is 6.18 Å². The summed E-state index contributed by atoms with van der Waals surface area (Å²) < 4.78 is 45.5. The molecule has 24 heavy (non-hydrogen) atoms. The first-order valence-electron chi connectivity index (χ1n) is 7.14. The average molecular weight is 332 g/mol. The molecular formula is C16H11F3N4O. The van der Waals surface area contributed by atoms with E-state index in [1.54, 1.807) is 18.2 Å². The largest absolute Gasteiger partial charge is 0.463 e. The Morgan fingerprint density at radius 3 is 2.54 bits per heavy atom. The second-order valence-electron chi connectivity index (χ2n) is 5.24. The Labute approximate surface area is 134 Å². The molecule has 1 aliphatic heterocycles. The van der Waals surface area contributed by atoms with Crippen LogP contribution >= 0.6 is 0 Å². The maximum absolute atomic E-state index is 13.0. The van der Waals surface area contributed by atoms with Crippen molar-refractivity contribution < 1.29 is 17.6 Å². The van der Waals surface area contributed by atoms with E-state index in [1.807, 2.05) is 30.3 Å². The molecule has 3 aromatic rings. The van der Waals surface area contributed by atoms with E-state index in [4.69, 9.17) is 4.42 Å². The number of allylic oxidation sites excluding steroid dienone is 1. The number of nitrogens with one attached hydrogen (secondary N) is 1. The third-order valence-corrected chi connectivity index (χ3v) is 3.65. The summed E-state index contributed by atoms with van der Waals surface area (Å²) in [6.45, 7) is 0. The van der Waals surface area contributed by atoms with Crippen LogP contribution in [0.2, 0.25) is 0 Å². The quantitative estimate of drug-likeness (QED) is 0.772. The fourth-order valence-electron chi connectivity index (χ4n) is 2.58. The molecule has 8 heteroatoms. The maximum Gasteiger partial charge on any atom is 0.453 e. The Kier molecular flexibility index (Phi) is 3.19. The van der Waals surface area contributed by atoms with Crippen molar-refractivity contribution in [2.45, 2.75) is 12.2 Å². The molecule has 2 aromatic heterocycles. The molecule has 0 unspecified atom stereocenters. The number of benzene rings is 1. The number of halogens is 3. The van der Waals surface area contributed by atoms with Gasteiger partial charge in [0, 0.05) is 0 Å². The number of aromatic nitrogens is 3. The molecule has 5 nitrogen and oxygen atoms in total. The molecule has 4 rings (SSSR count). The van der Waals surface area contributed by atoms with Gasteiger partial charge in [0.25, 0.3) is 5.82 Å². The van der Waals surface area contributed by atoms with E-state index in [0.717, 1.165) is 5.56 Å². The van der Waals surface area contributed by atoms with Gasteiger partial charge in [0.2, 0.25) is 5.95 Å². The van der Waals surface area contributed by atoms with Gasteiger partial charge in [0.05, 0.1) is 12.0 Å². The SMILES string of the molecule is FC(F)(F)c1nc2n(n1)[C@H](c1ccccc1)C=C(c1ccco1)N2. The van der Waals surface area contributed by atoms with Gasteiger partial charge in [-0.3, -0.25) is 0 Å². The van der Waals surface area contributed by atoms with Crippen molar-refractivity contribution in [3.8, 4) is 0 Å². The minimum atomic E-state index is -4.61. The molecule has 3 heterocycles. The van der Waals surface area contributed by atoms with Gasteiger partial charge in [0.15, 0.2) is 0 Å². The maximum atomic E-state index is 13.0. The van der Waals surface area contributed by atoms with Crippen LogP contribution in [0.15, 0.2) is 59.2 Å². The van der Waals surface area contributed by atoms with Crippen molar-refractivity contribution in [3.63, 3.8) is 0 Å². The number of furan rings is 1. The lowest BCUT2D eigenvalue weighted by Gasteiger charge is -2.23. The van der Waals surface area contributed by atoms with E-state index in [9.17, 15) is 13.2 Å². The first kappa shape index (κ1) is 14.6. The second-order valence-corrected chi connectivity index (χ2v) is 5.24. The highest BCUT2D eigenvalue weighted by molar-refractivity contribution is 5.74. The number of hydrogen-bond acceptors (Lipinski definition) is 4. The summed E-state index contributed by atoms with van der Waals surface area (Å²) in [5, 5.41) is 6.49. The van der Waals surface area contributed by atoms with Gasteiger partial charge in [-0.25, -0.2) is 4.68 Å². The standard InChI is InChI=1S/C16H11F3N4O/c17-16(18,19)14-21-15-20-11(13-7-4-8-24-13)9-12(23(15)22-14)10-5-2-1-3-6-10/h1-9,12H,(H,20,21,22)/t12-/m0/s1. The molecule has 0 spiro atoms. The van der Waals surface area contributed by atoms with E-state index in [2.05, 4.69) is 15.4 Å². The zero-order valence-electron chi connectivity index (χ0n) is 12.2. The fourth-order valence-corrected chi connectivity index (χ4v) is 2.58. The van der Waals surface area contributed by atoms with Crippen LogP contribution in [0.3, 0.4) is 0 Å². The fraction of sp³-hybridized carbons (Fsp3) is 0.125. The summed E-state index contributed by atoms with van der Waals surface area (Å²) in [5.74, 6) is -0.649. The summed E-state index contributed by atoms with van der Waals surface area (Å²) in [5.41, 5.74) is 1.34. The van der Waals surface area contributed by atoms with E-state index >= 15 is 0 Å². The molecule has 0 amide bonds. The molecule has 122 valence electrons. The zero-order valence-corrected chi connectivity index (χ0v) is 12.2. The van der Waals surface area contributed by atoms with Crippen molar-refractivity contribution in [2.75, 3.05) is 5.32 Å². The number of rotatable bonds is 2. The van der Waals surface area contributed by atoms with Crippen LogP contribution < -0.4 is 5.32 Å². The minimum absolute atomic E-state index is 0.0186. The van der Waals surface area contributed by atoms with Crippen molar-refractivity contribution in [2.24, 2.45) is 0 Å². The highest BCUT2D eigenvalue weighted by Crippen LogP contribution is 2.35. The van der Waals surface area contributed by atoms with Gasteiger partial charge >= 0.3 is 6.18 Å². The van der Waals surface area contributed by atoms with Gasteiger partial charge in [-0.15, -0.1) is 5.10 Å². The Morgan fingerprint density at radius 1 is 1.08 bits per heavy atom. The van der Waals surface area contributed by atoms with Crippen molar-refractivity contribution in [1.82, 2.24) is 14.8 Å². The number of fused-ring (bicyclic) bond motifs is 1. The van der Waals surface area contributed by atoms with Crippen LogP contribution in [0.1, 0.15) is 23.2 Å². The summed E-state index contributed by atoms with van der Waals surface area (Å²) in [6.07, 6.45) is -1.36. The van der Waals surface area contributed by atoms with E-state index in [1.165, 1.54) is 10.9 Å². The lowest BCUT2D eigenvalue weighted by atomic mass is 10.0. The van der Waals surface area contributed by atoms with Crippen LogP contribution in [0.5, 0.6) is 0 Å². The molecule has 0 saturated heterocycles. The summed E-state index contributed by atoms with van der Waals surface area (Å²) in [4.78, 5) is 3.59. The molecule has 0 fully saturated rings. The van der Waals surface area contributed by atoms with Crippen molar-refractivity contribution >= 4 is 11.6 Å². The van der Waals surface area contributed by atoms with E-state index in [-0.39, 0.29) is 5.95 Å². The van der Waals surface area contributed by atoms with Crippen molar-refractivity contribution in [1.29, 1.82) is 0 Å². The Morgan fingerprint density at radius 2 is 1.88 bits per heavy atom. The third kappa shape index (κ3) is 2.45. The first-order valence-corrected chi connectivity index (χ1v) is 7.14. The topological polar surface area (TPSA) is 55.9 Å². The molecule has 0 aliphatic carbocycles. The zero-order chi connectivity index (χ0) is 16.7. The van der Waals surface area contributed by atoms with Crippen LogP contribution in [-0.4, -0.2) is 14.8 Å². The Balaban J connectivity index is 1.85. The third-order valence-electron chi connectivity index (χ3n) is 3.65. The van der Waals surface area contributed by atoms with Crippen LogP contribution in [0, 0.1) is 0 Å². The van der Waals surface area contributed by atoms with Gasteiger partial charge in [-0.1, -0.05) is 30.3 Å². The Hall–Kier alpha value is -3.03. The normalized spacial score (nSPS) is 17.1. The first-order chi connectivity index (χ1) is 11.5. The molecule has 0 saturated carbocycles. The van der Waals surface area contributed by atoms with Gasteiger partial charge in [-0.2, -0.15) is 18.2 Å². The lowest BCUT2D eigenvalue weighted by molar-refractivity contribution is -0.145. The molecule has 1 aromatic carbocycles. The molecule has 0 radical (unpaired) electrons.